The van der Waals surface area contributed by atoms with Crippen molar-refractivity contribution in [2.45, 2.75) is 5.92 Å². The fraction of sp³-hybridized carbons (Fsp3) is 0.400. The van der Waals surface area contributed by atoms with Gasteiger partial charge in [-0.05, 0) is 17.7 Å². The number of aromatic nitrogens is 1. The number of nitrogens with zero attached hydrogens (tertiary/aromatic N) is 2. The molecule has 0 fully saturated rings. The largest absolute Gasteiger partial charge is 0.348 e. The first-order chi connectivity index (χ1) is 6.66. The molecule has 4 heteroatoms. The van der Waals surface area contributed by atoms with Gasteiger partial charge in [0.15, 0.2) is 0 Å². The highest BCUT2D eigenvalue weighted by Crippen LogP contribution is 2.15. The number of hydrogen-bond acceptors (Lipinski definition) is 3. The van der Waals surface area contributed by atoms with Gasteiger partial charge in [-0.3, -0.25) is 9.78 Å². The highest BCUT2D eigenvalue weighted by molar-refractivity contribution is 5.83. The molecule has 1 amide bonds. The zero-order valence-electron chi connectivity index (χ0n) is 8.47. The minimum Gasteiger partial charge on any atom is -0.348 e. The normalized spacial score (nSPS) is 12.2. The lowest BCUT2D eigenvalue weighted by atomic mass is 9.99. The summed E-state index contributed by atoms with van der Waals surface area (Å²) in [4.78, 5) is 17.2. The van der Waals surface area contributed by atoms with Gasteiger partial charge >= 0.3 is 0 Å². The molecule has 1 heterocycles. The van der Waals surface area contributed by atoms with Crippen molar-refractivity contribution < 1.29 is 4.79 Å². The Hall–Kier alpha value is -1.42. The lowest BCUT2D eigenvalue weighted by molar-refractivity contribution is -0.130. The Kier molecular flexibility index (Phi) is 3.59. The summed E-state index contributed by atoms with van der Waals surface area (Å²) in [6.45, 7) is 0.320. The van der Waals surface area contributed by atoms with Gasteiger partial charge in [-0.15, -0.1) is 0 Å². The van der Waals surface area contributed by atoms with Crippen LogP contribution in [0.2, 0.25) is 0 Å². The van der Waals surface area contributed by atoms with E-state index in [1.807, 2.05) is 12.1 Å². The van der Waals surface area contributed by atoms with Gasteiger partial charge in [0.2, 0.25) is 5.91 Å². The topological polar surface area (TPSA) is 59.2 Å². The quantitative estimate of drug-likeness (QED) is 0.746. The third kappa shape index (κ3) is 2.29. The summed E-state index contributed by atoms with van der Waals surface area (Å²) in [6, 6.07) is 3.64. The smallest absolute Gasteiger partial charge is 0.230 e. The zero-order valence-corrected chi connectivity index (χ0v) is 8.47. The van der Waals surface area contributed by atoms with E-state index in [-0.39, 0.29) is 11.8 Å². The van der Waals surface area contributed by atoms with Crippen LogP contribution in [0.5, 0.6) is 0 Å². The van der Waals surface area contributed by atoms with E-state index in [0.29, 0.717) is 6.54 Å². The maximum absolute atomic E-state index is 11.7. The van der Waals surface area contributed by atoms with Crippen molar-refractivity contribution >= 4 is 5.91 Å². The van der Waals surface area contributed by atoms with Crippen LogP contribution in [0.3, 0.4) is 0 Å². The Labute approximate surface area is 83.7 Å². The fourth-order valence-electron chi connectivity index (χ4n) is 1.29. The molecule has 0 saturated carbocycles. The van der Waals surface area contributed by atoms with Gasteiger partial charge in [-0.2, -0.15) is 0 Å². The first-order valence-electron chi connectivity index (χ1n) is 4.48. The lowest BCUT2D eigenvalue weighted by Crippen LogP contribution is -2.32. The van der Waals surface area contributed by atoms with Gasteiger partial charge in [-0.1, -0.05) is 0 Å². The molecule has 76 valence electrons. The lowest BCUT2D eigenvalue weighted by Gasteiger charge is -2.18. The molecule has 0 aliphatic carbocycles. The standard InChI is InChI=1S/C10H15N3O/c1-13(2)10(14)9(7-11)8-3-5-12-6-4-8/h3-6,9H,7,11H2,1-2H3. The SMILES string of the molecule is CN(C)C(=O)C(CN)c1ccncc1. The second-order valence-electron chi connectivity index (χ2n) is 3.30. The summed E-state index contributed by atoms with van der Waals surface area (Å²) < 4.78 is 0. The third-order valence-electron chi connectivity index (χ3n) is 2.08. The van der Waals surface area contributed by atoms with E-state index in [1.54, 1.807) is 31.4 Å². The van der Waals surface area contributed by atoms with Crippen LogP contribution in [0, 0.1) is 0 Å². The Morgan fingerprint density at radius 1 is 1.50 bits per heavy atom. The summed E-state index contributed by atoms with van der Waals surface area (Å²) >= 11 is 0. The Morgan fingerprint density at radius 3 is 2.50 bits per heavy atom. The van der Waals surface area contributed by atoms with Gasteiger partial charge in [0, 0.05) is 33.0 Å². The van der Waals surface area contributed by atoms with E-state index in [1.165, 1.54) is 0 Å². The van der Waals surface area contributed by atoms with Crippen LogP contribution < -0.4 is 5.73 Å². The molecule has 1 unspecified atom stereocenters. The Balaban J connectivity index is 2.88. The van der Waals surface area contributed by atoms with Crippen molar-refractivity contribution in [2.75, 3.05) is 20.6 Å². The monoisotopic (exact) mass is 193 g/mol. The number of likely N-dealkylation sites (N-methyl/N-ethyl adjacent to an activating group) is 1. The molecular weight excluding hydrogens is 178 g/mol. The summed E-state index contributed by atoms with van der Waals surface area (Å²) in [6.07, 6.45) is 3.34. The number of nitrogens with two attached hydrogens (primary N) is 1. The molecule has 14 heavy (non-hydrogen) atoms. The van der Waals surface area contributed by atoms with Crippen LogP contribution in [-0.2, 0) is 4.79 Å². The Bertz CT molecular complexity index is 297. The molecule has 0 spiro atoms. The van der Waals surface area contributed by atoms with Crippen LogP contribution in [-0.4, -0.2) is 36.4 Å². The molecule has 4 nitrogen and oxygen atoms in total. The van der Waals surface area contributed by atoms with Crippen LogP contribution >= 0.6 is 0 Å². The molecule has 1 rings (SSSR count). The van der Waals surface area contributed by atoms with Gasteiger partial charge in [0.05, 0.1) is 5.92 Å². The van der Waals surface area contributed by atoms with E-state index in [0.717, 1.165) is 5.56 Å². The van der Waals surface area contributed by atoms with Crippen LogP contribution in [0.25, 0.3) is 0 Å². The molecule has 1 aromatic rings. The molecule has 0 aromatic carbocycles. The number of carbonyl (C=O) groups excluding carboxylic acids is 1. The molecule has 2 N–H and O–H groups in total. The molecule has 0 aliphatic heterocycles. The van der Waals surface area contributed by atoms with Crippen molar-refractivity contribution in [1.29, 1.82) is 0 Å². The van der Waals surface area contributed by atoms with E-state index in [2.05, 4.69) is 4.98 Å². The number of amides is 1. The maximum Gasteiger partial charge on any atom is 0.230 e. The first-order valence-corrected chi connectivity index (χ1v) is 4.48. The number of rotatable bonds is 3. The van der Waals surface area contributed by atoms with Crippen LogP contribution in [0.1, 0.15) is 11.5 Å². The first kappa shape index (κ1) is 10.7. The third-order valence-corrected chi connectivity index (χ3v) is 2.08. The number of hydrogen-bond donors (Lipinski definition) is 1. The number of carbonyl (C=O) groups is 1. The second-order valence-corrected chi connectivity index (χ2v) is 3.30. The van der Waals surface area contributed by atoms with E-state index in [9.17, 15) is 4.79 Å². The molecule has 0 aliphatic rings. The van der Waals surface area contributed by atoms with Crippen molar-refractivity contribution in [1.82, 2.24) is 9.88 Å². The van der Waals surface area contributed by atoms with E-state index >= 15 is 0 Å². The van der Waals surface area contributed by atoms with Crippen molar-refractivity contribution in [3.63, 3.8) is 0 Å². The van der Waals surface area contributed by atoms with Gasteiger partial charge < -0.3 is 10.6 Å². The highest BCUT2D eigenvalue weighted by Gasteiger charge is 2.19. The predicted octanol–water partition coefficient (Wildman–Crippen LogP) is 0.212. The minimum atomic E-state index is -0.256. The molecule has 0 saturated heterocycles. The highest BCUT2D eigenvalue weighted by atomic mass is 16.2. The van der Waals surface area contributed by atoms with E-state index < -0.39 is 0 Å². The summed E-state index contributed by atoms with van der Waals surface area (Å²) in [5.74, 6) is -0.230. The van der Waals surface area contributed by atoms with Gasteiger partial charge in [-0.25, -0.2) is 0 Å². The average molecular weight is 193 g/mol. The summed E-state index contributed by atoms with van der Waals surface area (Å²) in [7, 11) is 3.46. The van der Waals surface area contributed by atoms with Crippen molar-refractivity contribution in [3.05, 3.63) is 30.1 Å². The molecule has 1 aromatic heterocycles. The fourth-order valence-corrected chi connectivity index (χ4v) is 1.29. The van der Waals surface area contributed by atoms with Crippen molar-refractivity contribution in [2.24, 2.45) is 5.73 Å². The molecule has 1 atom stereocenters. The van der Waals surface area contributed by atoms with Gasteiger partial charge in [0.25, 0.3) is 0 Å². The zero-order chi connectivity index (χ0) is 10.6. The van der Waals surface area contributed by atoms with E-state index in [4.69, 9.17) is 5.73 Å². The average Bonchev–Trinajstić information content (AvgIpc) is 2.20. The molecule has 0 radical (unpaired) electrons. The number of pyridine rings is 1. The molecular formula is C10H15N3O. The van der Waals surface area contributed by atoms with Crippen LogP contribution in [0.4, 0.5) is 0 Å². The summed E-state index contributed by atoms with van der Waals surface area (Å²) in [5, 5.41) is 0. The Morgan fingerprint density at radius 2 is 2.07 bits per heavy atom. The second kappa shape index (κ2) is 4.72. The minimum absolute atomic E-state index is 0.0266. The predicted molar refractivity (Wildman–Crippen MR) is 54.7 cm³/mol. The molecule has 0 bridgehead atoms. The maximum atomic E-state index is 11.7. The van der Waals surface area contributed by atoms with Crippen LogP contribution in [0.15, 0.2) is 24.5 Å². The van der Waals surface area contributed by atoms with Gasteiger partial charge in [0.1, 0.15) is 0 Å². The summed E-state index contributed by atoms with van der Waals surface area (Å²) in [5.41, 5.74) is 6.49. The van der Waals surface area contributed by atoms with Crippen molar-refractivity contribution in [3.8, 4) is 0 Å².